The highest BCUT2D eigenvalue weighted by atomic mass is 35.5. The van der Waals surface area contributed by atoms with Gasteiger partial charge in [-0.05, 0) is 23.6 Å². The van der Waals surface area contributed by atoms with Crippen LogP contribution < -0.4 is 0 Å². The minimum atomic E-state index is -0.170. The molecule has 0 aromatic carbocycles. The quantitative estimate of drug-likeness (QED) is 0.716. The molecule has 2 aromatic heterocycles. The number of hydrogen-bond acceptors (Lipinski definition) is 3. The number of ketones is 1. The highest BCUT2D eigenvalue weighted by Gasteiger charge is 2.15. The first-order valence-corrected chi connectivity index (χ1v) is 4.86. The first-order chi connectivity index (χ1) is 6.29. The number of hydrogen-bond donors (Lipinski definition) is 0. The molecule has 13 heavy (non-hydrogen) atoms. The molecule has 0 aliphatic rings. The highest BCUT2D eigenvalue weighted by Crippen LogP contribution is 2.25. The fourth-order valence-corrected chi connectivity index (χ4v) is 1.91. The summed E-state index contributed by atoms with van der Waals surface area (Å²) < 4.78 is 5.47. The van der Waals surface area contributed by atoms with Crippen molar-refractivity contribution >= 4 is 28.7 Å². The molecule has 0 aliphatic carbocycles. The summed E-state index contributed by atoms with van der Waals surface area (Å²) in [4.78, 5) is 11.6. The maximum absolute atomic E-state index is 11.6. The van der Waals surface area contributed by atoms with Gasteiger partial charge in [-0.3, -0.25) is 4.79 Å². The monoisotopic (exact) mass is 212 g/mol. The van der Waals surface area contributed by atoms with Crippen LogP contribution in [0, 0.1) is 0 Å². The van der Waals surface area contributed by atoms with E-state index in [2.05, 4.69) is 0 Å². The second-order valence-corrected chi connectivity index (χ2v) is 3.93. The molecule has 66 valence electrons. The van der Waals surface area contributed by atoms with Gasteiger partial charge in [0.15, 0.2) is 5.76 Å². The summed E-state index contributed by atoms with van der Waals surface area (Å²) in [5.41, 5.74) is 0.501. The lowest BCUT2D eigenvalue weighted by atomic mass is 10.2. The predicted molar refractivity (Wildman–Crippen MR) is 51.5 cm³/mol. The molecule has 0 saturated carbocycles. The van der Waals surface area contributed by atoms with E-state index in [1.54, 1.807) is 23.6 Å². The molecule has 0 radical (unpaired) electrons. The molecule has 2 aromatic rings. The minimum absolute atomic E-state index is 0.170. The van der Waals surface area contributed by atoms with Crippen LogP contribution in [0.1, 0.15) is 16.1 Å². The maximum atomic E-state index is 11.6. The van der Waals surface area contributed by atoms with E-state index in [-0.39, 0.29) is 5.78 Å². The Morgan fingerprint density at radius 2 is 2.31 bits per heavy atom. The topological polar surface area (TPSA) is 30.2 Å². The van der Waals surface area contributed by atoms with E-state index in [9.17, 15) is 4.79 Å². The molecular weight excluding hydrogens is 208 g/mol. The van der Waals surface area contributed by atoms with Crippen LogP contribution in [0.3, 0.4) is 0 Å². The standard InChI is InChI=1S/C9H5ClO2S/c10-9-6(3-5-13-9)8(11)7-2-1-4-12-7/h1-5H. The lowest BCUT2D eigenvalue weighted by Crippen LogP contribution is -1.97. The zero-order chi connectivity index (χ0) is 9.26. The van der Waals surface area contributed by atoms with Crippen molar-refractivity contribution in [3.63, 3.8) is 0 Å². The van der Waals surface area contributed by atoms with Crippen LogP contribution in [0.25, 0.3) is 0 Å². The van der Waals surface area contributed by atoms with Gasteiger partial charge in [0.1, 0.15) is 4.34 Å². The van der Waals surface area contributed by atoms with Crippen LogP contribution in [0.4, 0.5) is 0 Å². The Morgan fingerprint density at radius 3 is 2.85 bits per heavy atom. The van der Waals surface area contributed by atoms with Gasteiger partial charge in [-0.25, -0.2) is 0 Å². The van der Waals surface area contributed by atoms with Gasteiger partial charge in [0.05, 0.1) is 11.8 Å². The molecule has 0 amide bonds. The fourth-order valence-electron chi connectivity index (χ4n) is 0.996. The third-order valence-electron chi connectivity index (χ3n) is 1.61. The third-order valence-corrected chi connectivity index (χ3v) is 2.78. The molecule has 0 bridgehead atoms. The molecule has 0 N–H and O–H groups in total. The van der Waals surface area contributed by atoms with E-state index < -0.39 is 0 Å². The Labute approximate surface area is 83.8 Å². The number of halogens is 1. The van der Waals surface area contributed by atoms with Crippen molar-refractivity contribution in [2.75, 3.05) is 0 Å². The highest BCUT2D eigenvalue weighted by molar-refractivity contribution is 7.14. The van der Waals surface area contributed by atoms with Gasteiger partial charge in [0, 0.05) is 0 Å². The number of rotatable bonds is 2. The summed E-state index contributed by atoms with van der Waals surface area (Å²) in [6.45, 7) is 0. The second-order valence-electron chi connectivity index (χ2n) is 2.41. The van der Waals surface area contributed by atoms with Crippen molar-refractivity contribution in [3.05, 3.63) is 45.5 Å². The summed E-state index contributed by atoms with van der Waals surface area (Å²) in [5.74, 6) is 0.150. The van der Waals surface area contributed by atoms with Gasteiger partial charge in [0.2, 0.25) is 5.78 Å². The summed E-state index contributed by atoms with van der Waals surface area (Å²) in [6, 6.07) is 4.99. The summed E-state index contributed by atoms with van der Waals surface area (Å²) in [5, 5.41) is 1.78. The number of carbonyl (C=O) groups is 1. The van der Waals surface area contributed by atoms with E-state index >= 15 is 0 Å². The second kappa shape index (κ2) is 3.36. The largest absolute Gasteiger partial charge is 0.461 e. The Balaban J connectivity index is 2.39. The van der Waals surface area contributed by atoms with E-state index in [4.69, 9.17) is 16.0 Å². The summed E-state index contributed by atoms with van der Waals surface area (Å²) in [6.07, 6.45) is 1.47. The zero-order valence-corrected chi connectivity index (χ0v) is 8.06. The molecule has 4 heteroatoms. The normalized spacial score (nSPS) is 10.2. The smallest absolute Gasteiger partial charge is 0.230 e. The molecule has 0 saturated heterocycles. The van der Waals surface area contributed by atoms with E-state index in [1.165, 1.54) is 17.6 Å². The van der Waals surface area contributed by atoms with Gasteiger partial charge < -0.3 is 4.42 Å². The van der Waals surface area contributed by atoms with Crippen molar-refractivity contribution in [2.45, 2.75) is 0 Å². The first kappa shape index (κ1) is 8.53. The predicted octanol–water partition coefficient (Wildman–Crippen LogP) is 3.23. The Hall–Kier alpha value is -1.06. The van der Waals surface area contributed by atoms with E-state index in [0.717, 1.165) is 0 Å². The van der Waals surface area contributed by atoms with Crippen molar-refractivity contribution < 1.29 is 9.21 Å². The van der Waals surface area contributed by atoms with Crippen molar-refractivity contribution in [3.8, 4) is 0 Å². The molecular formula is C9H5ClO2S. The lowest BCUT2D eigenvalue weighted by Gasteiger charge is -1.92. The van der Waals surface area contributed by atoms with E-state index in [1.807, 2.05) is 0 Å². The fraction of sp³-hybridized carbons (Fsp3) is 0. The van der Waals surface area contributed by atoms with Gasteiger partial charge in [-0.2, -0.15) is 0 Å². The zero-order valence-electron chi connectivity index (χ0n) is 6.49. The Kier molecular flexibility index (Phi) is 2.20. The van der Waals surface area contributed by atoms with Crippen LogP contribution in [-0.2, 0) is 0 Å². The number of thiophene rings is 1. The van der Waals surface area contributed by atoms with Gasteiger partial charge in [-0.15, -0.1) is 11.3 Å². The van der Waals surface area contributed by atoms with Gasteiger partial charge >= 0.3 is 0 Å². The van der Waals surface area contributed by atoms with Crippen molar-refractivity contribution in [2.24, 2.45) is 0 Å². The van der Waals surface area contributed by atoms with Crippen LogP contribution in [0.5, 0.6) is 0 Å². The first-order valence-electron chi connectivity index (χ1n) is 3.60. The molecule has 0 unspecified atom stereocenters. The molecule has 0 spiro atoms. The average molecular weight is 213 g/mol. The summed E-state index contributed by atoms with van der Waals surface area (Å²) in [7, 11) is 0. The SMILES string of the molecule is O=C(c1ccco1)c1ccsc1Cl. The number of furan rings is 1. The third kappa shape index (κ3) is 1.53. The molecule has 2 nitrogen and oxygen atoms in total. The van der Waals surface area contributed by atoms with Crippen LogP contribution >= 0.6 is 22.9 Å². The minimum Gasteiger partial charge on any atom is -0.461 e. The molecule has 0 aliphatic heterocycles. The van der Waals surface area contributed by atoms with Crippen LogP contribution in [0.2, 0.25) is 4.34 Å². The van der Waals surface area contributed by atoms with Gasteiger partial charge in [-0.1, -0.05) is 11.6 Å². The van der Waals surface area contributed by atoms with Crippen molar-refractivity contribution in [1.82, 2.24) is 0 Å². The Bertz CT molecular complexity index is 417. The lowest BCUT2D eigenvalue weighted by molar-refractivity contribution is 0.101. The molecule has 0 fully saturated rings. The van der Waals surface area contributed by atoms with Crippen molar-refractivity contribution in [1.29, 1.82) is 0 Å². The summed E-state index contributed by atoms with van der Waals surface area (Å²) >= 11 is 7.14. The van der Waals surface area contributed by atoms with Crippen LogP contribution in [-0.4, -0.2) is 5.78 Å². The molecule has 2 heterocycles. The molecule has 2 rings (SSSR count). The Morgan fingerprint density at radius 1 is 1.46 bits per heavy atom. The van der Waals surface area contributed by atoms with E-state index in [0.29, 0.717) is 15.7 Å². The van der Waals surface area contributed by atoms with Gasteiger partial charge in [0.25, 0.3) is 0 Å². The number of carbonyl (C=O) groups excluding carboxylic acids is 1. The maximum Gasteiger partial charge on any atom is 0.230 e. The van der Waals surface area contributed by atoms with Crippen LogP contribution in [0.15, 0.2) is 34.3 Å². The average Bonchev–Trinajstić information content (AvgIpc) is 2.72. The molecule has 0 atom stereocenters.